The lowest BCUT2D eigenvalue weighted by atomic mass is 9.96. The molecule has 3 amide bonds. The van der Waals surface area contributed by atoms with Crippen LogP contribution < -0.4 is 15.5 Å². The van der Waals surface area contributed by atoms with E-state index in [1.54, 1.807) is 23.1 Å². The number of carbonyl (C=O) groups is 2. The number of rotatable bonds is 5. The normalized spacial score (nSPS) is 14.7. The number of ether oxygens (including phenoxy) is 1. The first-order valence-electron chi connectivity index (χ1n) is 7.61. The molecule has 2 N–H and O–H groups in total. The van der Waals surface area contributed by atoms with Crippen LogP contribution in [0, 0.1) is 0 Å². The van der Waals surface area contributed by atoms with Crippen molar-refractivity contribution in [3.8, 4) is 0 Å². The third-order valence-electron chi connectivity index (χ3n) is 4.15. The van der Waals surface area contributed by atoms with Crippen molar-refractivity contribution in [2.75, 3.05) is 23.4 Å². The van der Waals surface area contributed by atoms with Gasteiger partial charge in [0.05, 0.1) is 6.54 Å². The molecule has 1 aromatic carbocycles. The highest BCUT2D eigenvalue weighted by atomic mass is 16.6. The molecule has 1 aromatic rings. The number of urea groups is 1. The highest BCUT2D eigenvalue weighted by Gasteiger charge is 2.24. The second-order valence-corrected chi connectivity index (χ2v) is 5.66. The first-order valence-corrected chi connectivity index (χ1v) is 7.61. The van der Waals surface area contributed by atoms with Crippen molar-refractivity contribution in [3.63, 3.8) is 0 Å². The average Bonchev–Trinajstić information content (AvgIpc) is 2.93. The number of cyclic esters (lactones) is 1. The van der Waals surface area contributed by atoms with Crippen LogP contribution in [0.3, 0.4) is 0 Å². The smallest absolute Gasteiger partial charge is 0.414 e. The quantitative estimate of drug-likeness (QED) is 0.876. The molecule has 2 rings (SSSR count). The van der Waals surface area contributed by atoms with Gasteiger partial charge in [0, 0.05) is 16.9 Å². The van der Waals surface area contributed by atoms with Gasteiger partial charge in [0.25, 0.3) is 0 Å². The van der Waals surface area contributed by atoms with Crippen molar-refractivity contribution in [2.24, 2.45) is 0 Å². The lowest BCUT2D eigenvalue weighted by Crippen LogP contribution is -2.46. The van der Waals surface area contributed by atoms with Crippen LogP contribution in [0.4, 0.5) is 21.0 Å². The maximum atomic E-state index is 12.1. The molecule has 1 fully saturated rings. The summed E-state index contributed by atoms with van der Waals surface area (Å²) in [7, 11) is 0. The van der Waals surface area contributed by atoms with Gasteiger partial charge in [-0.25, -0.2) is 9.59 Å². The molecule has 1 heterocycles. The molecule has 120 valence electrons. The first kappa shape index (κ1) is 16.1. The molecular weight excluding hydrogens is 282 g/mol. The lowest BCUT2D eigenvalue weighted by Gasteiger charge is -2.28. The van der Waals surface area contributed by atoms with Gasteiger partial charge in [-0.1, -0.05) is 19.9 Å². The van der Waals surface area contributed by atoms with E-state index in [9.17, 15) is 9.59 Å². The molecule has 6 nitrogen and oxygen atoms in total. The van der Waals surface area contributed by atoms with Crippen LogP contribution >= 0.6 is 0 Å². The Balaban J connectivity index is 2.04. The van der Waals surface area contributed by atoms with Gasteiger partial charge in [-0.05, 0) is 38.0 Å². The Morgan fingerprint density at radius 2 is 2.09 bits per heavy atom. The molecule has 6 heteroatoms. The number of hydrogen-bond acceptors (Lipinski definition) is 3. The SMILES string of the molecule is CCC(C)(CC)NC(=O)Nc1cccc(N2CCOC2=O)c1. The summed E-state index contributed by atoms with van der Waals surface area (Å²) in [5.74, 6) is 0. The Labute approximate surface area is 130 Å². The zero-order valence-electron chi connectivity index (χ0n) is 13.3. The molecule has 0 atom stereocenters. The minimum Gasteiger partial charge on any atom is -0.447 e. The molecule has 1 aliphatic rings. The van der Waals surface area contributed by atoms with Crippen molar-refractivity contribution < 1.29 is 14.3 Å². The highest BCUT2D eigenvalue weighted by Crippen LogP contribution is 2.22. The molecule has 0 unspecified atom stereocenters. The first-order chi connectivity index (χ1) is 10.5. The summed E-state index contributed by atoms with van der Waals surface area (Å²) in [6.07, 6.45) is 1.36. The van der Waals surface area contributed by atoms with Gasteiger partial charge in [0.15, 0.2) is 0 Å². The summed E-state index contributed by atoms with van der Waals surface area (Å²) >= 11 is 0. The van der Waals surface area contributed by atoms with Crippen molar-refractivity contribution in [2.45, 2.75) is 39.2 Å². The number of benzene rings is 1. The van der Waals surface area contributed by atoms with E-state index in [-0.39, 0.29) is 17.7 Å². The topological polar surface area (TPSA) is 70.7 Å². The summed E-state index contributed by atoms with van der Waals surface area (Å²) in [5, 5.41) is 5.80. The summed E-state index contributed by atoms with van der Waals surface area (Å²) < 4.78 is 4.92. The van der Waals surface area contributed by atoms with Crippen LogP contribution in [0.5, 0.6) is 0 Å². The lowest BCUT2D eigenvalue weighted by molar-refractivity contribution is 0.181. The summed E-state index contributed by atoms with van der Waals surface area (Å²) in [4.78, 5) is 25.2. The molecule has 0 aliphatic carbocycles. The second-order valence-electron chi connectivity index (χ2n) is 5.66. The molecule has 0 aromatic heterocycles. The minimum absolute atomic E-state index is 0.222. The molecule has 22 heavy (non-hydrogen) atoms. The number of carbonyl (C=O) groups excluding carboxylic acids is 2. The predicted octanol–water partition coefficient (Wildman–Crippen LogP) is 3.34. The Morgan fingerprint density at radius 1 is 1.36 bits per heavy atom. The zero-order chi connectivity index (χ0) is 16.2. The molecule has 0 spiro atoms. The molecule has 0 bridgehead atoms. The van der Waals surface area contributed by atoms with Gasteiger partial charge >= 0.3 is 12.1 Å². The van der Waals surface area contributed by atoms with E-state index in [0.29, 0.717) is 24.5 Å². The van der Waals surface area contributed by atoms with Gasteiger partial charge < -0.3 is 15.4 Å². The van der Waals surface area contributed by atoms with E-state index < -0.39 is 0 Å². The summed E-state index contributed by atoms with van der Waals surface area (Å²) in [6.45, 7) is 7.02. The predicted molar refractivity (Wildman–Crippen MR) is 86.3 cm³/mol. The van der Waals surface area contributed by atoms with Crippen LogP contribution in [-0.2, 0) is 4.74 Å². The van der Waals surface area contributed by atoms with Crippen LogP contribution in [0.15, 0.2) is 24.3 Å². The van der Waals surface area contributed by atoms with Crippen molar-refractivity contribution >= 4 is 23.5 Å². The maximum Gasteiger partial charge on any atom is 0.414 e. The largest absolute Gasteiger partial charge is 0.447 e. The van der Waals surface area contributed by atoms with Crippen LogP contribution in [-0.4, -0.2) is 30.8 Å². The summed E-state index contributed by atoms with van der Waals surface area (Å²) in [6, 6.07) is 6.93. The standard InChI is InChI=1S/C16H23N3O3/c1-4-16(3,5-2)18-14(20)17-12-7-6-8-13(11-12)19-9-10-22-15(19)21/h6-8,11H,4-5,9-10H2,1-3H3,(H2,17,18,20). The van der Waals surface area contributed by atoms with Crippen molar-refractivity contribution in [1.82, 2.24) is 5.32 Å². The van der Waals surface area contributed by atoms with E-state index in [2.05, 4.69) is 10.6 Å². The number of nitrogens with zero attached hydrogens (tertiary/aromatic N) is 1. The van der Waals surface area contributed by atoms with Crippen molar-refractivity contribution in [1.29, 1.82) is 0 Å². The van der Waals surface area contributed by atoms with E-state index in [4.69, 9.17) is 4.74 Å². The molecule has 1 saturated heterocycles. The van der Waals surface area contributed by atoms with Crippen LogP contribution in [0.25, 0.3) is 0 Å². The van der Waals surface area contributed by atoms with Gasteiger partial charge in [0.1, 0.15) is 6.61 Å². The summed E-state index contributed by atoms with van der Waals surface area (Å²) in [5.41, 5.74) is 1.14. The van der Waals surface area contributed by atoms with Crippen molar-refractivity contribution in [3.05, 3.63) is 24.3 Å². The monoisotopic (exact) mass is 305 g/mol. The van der Waals surface area contributed by atoms with Gasteiger partial charge in [-0.15, -0.1) is 0 Å². The molecule has 1 aliphatic heterocycles. The van der Waals surface area contributed by atoms with Gasteiger partial charge in [0.2, 0.25) is 0 Å². The third kappa shape index (κ3) is 3.69. The Bertz CT molecular complexity index is 555. The van der Waals surface area contributed by atoms with Gasteiger partial charge in [-0.2, -0.15) is 0 Å². The zero-order valence-corrected chi connectivity index (χ0v) is 13.3. The Hall–Kier alpha value is -2.24. The highest BCUT2D eigenvalue weighted by molar-refractivity contribution is 5.93. The molecule has 0 radical (unpaired) electrons. The Morgan fingerprint density at radius 3 is 2.68 bits per heavy atom. The number of nitrogens with one attached hydrogen (secondary N) is 2. The third-order valence-corrected chi connectivity index (χ3v) is 4.15. The van der Waals surface area contributed by atoms with E-state index in [1.807, 2.05) is 26.8 Å². The fourth-order valence-corrected chi connectivity index (χ4v) is 2.24. The van der Waals surface area contributed by atoms with E-state index >= 15 is 0 Å². The van der Waals surface area contributed by atoms with Gasteiger partial charge in [-0.3, -0.25) is 4.90 Å². The van der Waals surface area contributed by atoms with Crippen LogP contribution in [0.2, 0.25) is 0 Å². The number of anilines is 2. The molecule has 0 saturated carbocycles. The van der Waals surface area contributed by atoms with E-state index in [1.165, 1.54) is 0 Å². The minimum atomic E-state index is -0.355. The number of hydrogen-bond donors (Lipinski definition) is 2. The number of amides is 3. The molecular formula is C16H23N3O3. The maximum absolute atomic E-state index is 12.1. The average molecular weight is 305 g/mol. The Kier molecular flexibility index (Phi) is 4.90. The van der Waals surface area contributed by atoms with E-state index in [0.717, 1.165) is 12.8 Å². The van der Waals surface area contributed by atoms with Crippen LogP contribution in [0.1, 0.15) is 33.6 Å². The fourth-order valence-electron chi connectivity index (χ4n) is 2.24. The fraction of sp³-hybridized carbons (Fsp3) is 0.500. The second kappa shape index (κ2) is 6.68.